The van der Waals surface area contributed by atoms with Crippen LogP contribution in [0.15, 0.2) is 54.6 Å². The molecule has 0 spiro atoms. The zero-order valence-corrected chi connectivity index (χ0v) is 12.0. The lowest BCUT2D eigenvalue weighted by atomic mass is 10.1. The van der Waals surface area contributed by atoms with Crippen LogP contribution in [-0.2, 0) is 6.54 Å². The van der Waals surface area contributed by atoms with Crippen LogP contribution in [-0.4, -0.2) is 0 Å². The van der Waals surface area contributed by atoms with Crippen LogP contribution in [0.5, 0.6) is 0 Å². The smallest absolute Gasteiger partial charge is 0.0294 e. The zero-order valence-electron chi connectivity index (χ0n) is 9.86. The van der Waals surface area contributed by atoms with Gasteiger partial charge in [-0.1, -0.05) is 42.5 Å². The summed E-state index contributed by atoms with van der Waals surface area (Å²) in [6.07, 6.45) is 0. The van der Waals surface area contributed by atoms with Crippen LogP contribution < -0.4 is 5.32 Å². The van der Waals surface area contributed by atoms with Crippen molar-refractivity contribution in [2.75, 3.05) is 0 Å². The maximum Gasteiger partial charge on any atom is 0.0294 e. The van der Waals surface area contributed by atoms with Gasteiger partial charge in [0, 0.05) is 16.2 Å². The summed E-state index contributed by atoms with van der Waals surface area (Å²) in [4.78, 5) is 0. The second-order valence-corrected chi connectivity index (χ2v) is 5.39. The first kappa shape index (κ1) is 12.6. The number of rotatable bonds is 4. The van der Waals surface area contributed by atoms with Crippen LogP contribution in [0.2, 0.25) is 0 Å². The van der Waals surface area contributed by atoms with Gasteiger partial charge in [-0.25, -0.2) is 0 Å². The molecule has 0 aliphatic rings. The Morgan fingerprint density at radius 1 is 1.06 bits per heavy atom. The summed E-state index contributed by atoms with van der Waals surface area (Å²) in [5.74, 6) is 0. The Labute approximate surface area is 116 Å². The lowest BCUT2D eigenvalue weighted by molar-refractivity contribution is 0.574. The van der Waals surface area contributed by atoms with Crippen molar-refractivity contribution in [1.29, 1.82) is 0 Å². The standard InChI is InChI=1S/C15H16IN/c1-12(14-7-3-2-4-8-14)17-11-13-6-5-9-15(16)10-13/h2-10,12,17H,11H2,1H3. The summed E-state index contributed by atoms with van der Waals surface area (Å²) in [6, 6.07) is 19.5. The van der Waals surface area contributed by atoms with Gasteiger partial charge in [-0.2, -0.15) is 0 Å². The maximum absolute atomic E-state index is 3.54. The molecule has 17 heavy (non-hydrogen) atoms. The minimum absolute atomic E-state index is 0.383. The number of nitrogens with one attached hydrogen (secondary N) is 1. The molecular formula is C15H16IN. The predicted molar refractivity (Wildman–Crippen MR) is 80.9 cm³/mol. The molecule has 0 saturated heterocycles. The van der Waals surface area contributed by atoms with Gasteiger partial charge in [0.2, 0.25) is 0 Å². The molecule has 0 aliphatic carbocycles. The molecule has 0 fully saturated rings. The van der Waals surface area contributed by atoms with E-state index in [2.05, 4.69) is 89.4 Å². The second kappa shape index (κ2) is 6.17. The molecule has 1 nitrogen and oxygen atoms in total. The highest BCUT2D eigenvalue weighted by atomic mass is 127. The molecule has 2 heteroatoms. The fourth-order valence-corrected chi connectivity index (χ4v) is 2.39. The van der Waals surface area contributed by atoms with Gasteiger partial charge in [0.05, 0.1) is 0 Å². The first-order valence-electron chi connectivity index (χ1n) is 5.78. The van der Waals surface area contributed by atoms with Gasteiger partial charge >= 0.3 is 0 Å². The van der Waals surface area contributed by atoms with E-state index < -0.39 is 0 Å². The number of hydrogen-bond acceptors (Lipinski definition) is 1. The molecular weight excluding hydrogens is 321 g/mol. The summed E-state index contributed by atoms with van der Waals surface area (Å²) >= 11 is 2.35. The number of hydrogen-bond donors (Lipinski definition) is 1. The molecule has 1 N–H and O–H groups in total. The summed E-state index contributed by atoms with van der Waals surface area (Å²) in [5, 5.41) is 3.54. The Bertz CT molecular complexity index is 467. The molecule has 1 atom stereocenters. The fourth-order valence-electron chi connectivity index (χ4n) is 1.78. The minimum atomic E-state index is 0.383. The van der Waals surface area contributed by atoms with Crippen LogP contribution in [0.3, 0.4) is 0 Å². The Kier molecular flexibility index (Phi) is 4.57. The van der Waals surface area contributed by atoms with E-state index >= 15 is 0 Å². The van der Waals surface area contributed by atoms with E-state index in [4.69, 9.17) is 0 Å². The molecule has 1 unspecified atom stereocenters. The van der Waals surface area contributed by atoms with Crippen molar-refractivity contribution in [3.05, 3.63) is 69.3 Å². The Balaban J connectivity index is 1.95. The zero-order chi connectivity index (χ0) is 12.1. The lowest BCUT2D eigenvalue weighted by Gasteiger charge is -2.14. The largest absolute Gasteiger partial charge is 0.306 e. The van der Waals surface area contributed by atoms with Crippen molar-refractivity contribution in [2.45, 2.75) is 19.5 Å². The summed E-state index contributed by atoms with van der Waals surface area (Å²) in [6.45, 7) is 3.11. The van der Waals surface area contributed by atoms with E-state index in [1.54, 1.807) is 0 Å². The third-order valence-corrected chi connectivity index (χ3v) is 3.47. The molecule has 0 radical (unpaired) electrons. The van der Waals surface area contributed by atoms with E-state index in [9.17, 15) is 0 Å². The number of halogens is 1. The quantitative estimate of drug-likeness (QED) is 0.827. The third kappa shape index (κ3) is 3.82. The van der Waals surface area contributed by atoms with Crippen LogP contribution in [0.25, 0.3) is 0 Å². The molecule has 2 rings (SSSR count). The first-order valence-corrected chi connectivity index (χ1v) is 6.86. The topological polar surface area (TPSA) is 12.0 Å². The average molecular weight is 337 g/mol. The van der Waals surface area contributed by atoms with Crippen molar-refractivity contribution in [2.24, 2.45) is 0 Å². The van der Waals surface area contributed by atoms with E-state index in [-0.39, 0.29) is 0 Å². The predicted octanol–water partition coefficient (Wildman–Crippen LogP) is 4.14. The molecule has 0 saturated carbocycles. The highest BCUT2D eigenvalue weighted by Crippen LogP contribution is 2.13. The van der Waals surface area contributed by atoms with Crippen molar-refractivity contribution >= 4 is 22.6 Å². The highest BCUT2D eigenvalue weighted by molar-refractivity contribution is 14.1. The van der Waals surface area contributed by atoms with Gasteiger partial charge in [0.15, 0.2) is 0 Å². The van der Waals surface area contributed by atoms with E-state index in [0.717, 1.165) is 6.54 Å². The number of benzene rings is 2. The lowest BCUT2D eigenvalue weighted by Crippen LogP contribution is -2.17. The average Bonchev–Trinajstić information content (AvgIpc) is 2.37. The van der Waals surface area contributed by atoms with E-state index in [0.29, 0.717) is 6.04 Å². The molecule has 88 valence electrons. The van der Waals surface area contributed by atoms with Gasteiger partial charge in [-0.15, -0.1) is 0 Å². The van der Waals surface area contributed by atoms with E-state index in [1.165, 1.54) is 14.7 Å². The van der Waals surface area contributed by atoms with Crippen LogP contribution in [0.4, 0.5) is 0 Å². The fraction of sp³-hybridized carbons (Fsp3) is 0.200. The van der Waals surface area contributed by atoms with Crippen LogP contribution >= 0.6 is 22.6 Å². The molecule has 2 aromatic rings. The monoisotopic (exact) mass is 337 g/mol. The normalized spacial score (nSPS) is 12.4. The molecule has 0 aliphatic heterocycles. The molecule has 0 aromatic heterocycles. The van der Waals surface area contributed by atoms with Gasteiger partial charge in [-0.3, -0.25) is 0 Å². The van der Waals surface area contributed by atoms with E-state index in [1.807, 2.05) is 0 Å². The van der Waals surface area contributed by atoms with Gasteiger partial charge in [0.25, 0.3) is 0 Å². The Morgan fingerprint density at radius 3 is 2.53 bits per heavy atom. The van der Waals surface area contributed by atoms with Crippen molar-refractivity contribution in [3.63, 3.8) is 0 Å². The molecule has 2 aromatic carbocycles. The highest BCUT2D eigenvalue weighted by Gasteiger charge is 2.03. The van der Waals surface area contributed by atoms with Gasteiger partial charge < -0.3 is 5.32 Å². The van der Waals surface area contributed by atoms with Crippen molar-refractivity contribution < 1.29 is 0 Å². The Hall–Kier alpha value is -0.870. The first-order chi connectivity index (χ1) is 8.25. The summed E-state index contributed by atoms with van der Waals surface area (Å²) in [5.41, 5.74) is 2.66. The van der Waals surface area contributed by atoms with Crippen LogP contribution in [0.1, 0.15) is 24.1 Å². The SMILES string of the molecule is CC(NCc1cccc(I)c1)c1ccccc1. The molecule has 0 heterocycles. The minimum Gasteiger partial charge on any atom is -0.306 e. The molecule has 0 bridgehead atoms. The summed E-state index contributed by atoms with van der Waals surface area (Å²) in [7, 11) is 0. The Morgan fingerprint density at radius 2 is 1.82 bits per heavy atom. The molecule has 0 amide bonds. The third-order valence-electron chi connectivity index (χ3n) is 2.80. The van der Waals surface area contributed by atoms with Crippen molar-refractivity contribution in [1.82, 2.24) is 5.32 Å². The van der Waals surface area contributed by atoms with Gasteiger partial charge in [-0.05, 0) is 52.8 Å². The second-order valence-electron chi connectivity index (χ2n) is 4.14. The maximum atomic E-state index is 3.54. The van der Waals surface area contributed by atoms with Crippen LogP contribution in [0, 0.1) is 3.57 Å². The van der Waals surface area contributed by atoms with Gasteiger partial charge in [0.1, 0.15) is 0 Å². The van der Waals surface area contributed by atoms with Crippen molar-refractivity contribution in [3.8, 4) is 0 Å². The summed E-state index contributed by atoms with van der Waals surface area (Å²) < 4.78 is 1.29.